The van der Waals surface area contributed by atoms with Gasteiger partial charge < -0.3 is 5.73 Å². The van der Waals surface area contributed by atoms with Gasteiger partial charge in [0, 0.05) is 41.3 Å². The van der Waals surface area contributed by atoms with Gasteiger partial charge in [-0.05, 0) is 30.3 Å². The number of aromatic nitrogens is 5. The summed E-state index contributed by atoms with van der Waals surface area (Å²) in [6.07, 6.45) is 6.21. The quantitative estimate of drug-likeness (QED) is 0.475. The lowest BCUT2D eigenvalue weighted by Crippen LogP contribution is -2.04. The van der Waals surface area contributed by atoms with Crippen molar-refractivity contribution < 1.29 is 8.78 Å². The number of anilines is 1. The fourth-order valence-electron chi connectivity index (χ4n) is 3.29. The number of nitrogen functional groups attached to an aromatic ring is 1. The lowest BCUT2D eigenvalue weighted by Gasteiger charge is -2.14. The minimum atomic E-state index is -0.607. The van der Waals surface area contributed by atoms with Crippen molar-refractivity contribution in [2.24, 2.45) is 0 Å². The molecule has 1 aromatic carbocycles. The first-order valence-corrected chi connectivity index (χ1v) is 8.41. The first-order valence-electron chi connectivity index (χ1n) is 8.41. The number of pyridine rings is 2. The van der Waals surface area contributed by atoms with Gasteiger partial charge in [-0.3, -0.25) is 9.38 Å². The van der Waals surface area contributed by atoms with E-state index in [1.807, 2.05) is 6.07 Å². The Morgan fingerprint density at radius 2 is 1.82 bits per heavy atom. The molecule has 2 N–H and O–H groups in total. The molecular formula is C20H12F2N6. The first-order chi connectivity index (χ1) is 13.6. The molecule has 0 saturated carbocycles. The van der Waals surface area contributed by atoms with E-state index in [1.54, 1.807) is 41.2 Å². The Morgan fingerprint density at radius 1 is 0.929 bits per heavy atom. The van der Waals surface area contributed by atoms with E-state index in [0.29, 0.717) is 33.5 Å². The maximum Gasteiger partial charge on any atom is 0.212 e. The zero-order valence-electron chi connectivity index (χ0n) is 14.3. The lowest BCUT2D eigenvalue weighted by atomic mass is 10.0. The molecule has 5 aromatic rings. The maximum absolute atomic E-state index is 14.7. The van der Waals surface area contributed by atoms with Gasteiger partial charge in [-0.15, -0.1) is 0 Å². The summed E-state index contributed by atoms with van der Waals surface area (Å²) in [5.41, 5.74) is 8.91. The highest BCUT2D eigenvalue weighted by Gasteiger charge is 2.19. The predicted octanol–water partition coefficient (Wildman–Crippen LogP) is 3.87. The van der Waals surface area contributed by atoms with E-state index in [1.165, 1.54) is 18.3 Å². The Hall–Kier alpha value is -3.94. The van der Waals surface area contributed by atoms with Gasteiger partial charge in [0.05, 0.1) is 11.4 Å². The zero-order valence-corrected chi connectivity index (χ0v) is 14.3. The Bertz CT molecular complexity index is 1340. The zero-order chi connectivity index (χ0) is 19.3. The van der Waals surface area contributed by atoms with Gasteiger partial charge in [-0.1, -0.05) is 6.07 Å². The van der Waals surface area contributed by atoms with E-state index in [2.05, 4.69) is 19.9 Å². The number of nitrogens with zero attached hydrogens (tertiary/aromatic N) is 5. The van der Waals surface area contributed by atoms with E-state index < -0.39 is 11.8 Å². The Kier molecular flexibility index (Phi) is 3.51. The summed E-state index contributed by atoms with van der Waals surface area (Å²) in [4.78, 5) is 16.5. The summed E-state index contributed by atoms with van der Waals surface area (Å²) in [7, 11) is 0. The van der Waals surface area contributed by atoms with Crippen LogP contribution in [-0.2, 0) is 0 Å². The summed E-state index contributed by atoms with van der Waals surface area (Å²) in [5.74, 6) is -0.859. The van der Waals surface area contributed by atoms with Crippen molar-refractivity contribution in [3.63, 3.8) is 0 Å². The summed E-state index contributed by atoms with van der Waals surface area (Å²) >= 11 is 0. The van der Waals surface area contributed by atoms with E-state index >= 15 is 0 Å². The number of halogens is 2. The molecule has 0 fully saturated rings. The molecule has 6 nitrogen and oxygen atoms in total. The minimum absolute atomic E-state index is 0.205. The highest BCUT2D eigenvalue weighted by atomic mass is 19.1. The molecule has 0 spiro atoms. The van der Waals surface area contributed by atoms with Crippen LogP contribution in [0.4, 0.5) is 14.6 Å². The third-order valence-corrected chi connectivity index (χ3v) is 4.50. The van der Waals surface area contributed by atoms with E-state index in [-0.39, 0.29) is 11.3 Å². The maximum atomic E-state index is 14.7. The van der Waals surface area contributed by atoms with Crippen LogP contribution in [0.15, 0.2) is 61.2 Å². The number of hydrogen-bond acceptors (Lipinski definition) is 5. The second-order valence-corrected chi connectivity index (χ2v) is 6.22. The van der Waals surface area contributed by atoms with Crippen LogP contribution in [0.25, 0.3) is 39.1 Å². The SMILES string of the molecule is Nc1nc(-c2ccc(F)nc2)c(-c2cc(F)c3ncccc3c2)n2ccnc12. The minimum Gasteiger partial charge on any atom is -0.381 e. The standard InChI is InChI=1S/C20H12F2N6/c21-14-9-13(8-11-2-1-5-24-16(11)14)18-17(12-3-4-15(22)26-10-12)27-19(23)20-25-6-7-28(18)20/h1-10H,(H2,23,27). The molecule has 0 aliphatic carbocycles. The van der Waals surface area contributed by atoms with Crippen molar-refractivity contribution in [1.82, 2.24) is 24.3 Å². The molecule has 0 aliphatic rings. The topological polar surface area (TPSA) is 82.0 Å². The molecule has 4 aromatic heterocycles. The van der Waals surface area contributed by atoms with Gasteiger partial charge in [0.25, 0.3) is 0 Å². The van der Waals surface area contributed by atoms with Crippen molar-refractivity contribution in [3.05, 3.63) is 73.0 Å². The number of fused-ring (bicyclic) bond motifs is 2. The molecule has 0 atom stereocenters. The van der Waals surface area contributed by atoms with Crippen LogP contribution >= 0.6 is 0 Å². The molecule has 0 saturated heterocycles. The highest BCUT2D eigenvalue weighted by Crippen LogP contribution is 2.34. The highest BCUT2D eigenvalue weighted by molar-refractivity contribution is 5.89. The van der Waals surface area contributed by atoms with E-state index in [4.69, 9.17) is 5.73 Å². The molecule has 5 rings (SSSR count). The van der Waals surface area contributed by atoms with Crippen LogP contribution in [0, 0.1) is 11.8 Å². The van der Waals surface area contributed by atoms with Crippen LogP contribution in [0.3, 0.4) is 0 Å². The Labute approximate surface area is 157 Å². The predicted molar refractivity (Wildman–Crippen MR) is 101 cm³/mol. The monoisotopic (exact) mass is 374 g/mol. The lowest BCUT2D eigenvalue weighted by molar-refractivity contribution is 0.584. The largest absolute Gasteiger partial charge is 0.381 e. The van der Waals surface area contributed by atoms with Gasteiger partial charge in [-0.2, -0.15) is 4.39 Å². The molecule has 4 heterocycles. The average molecular weight is 374 g/mol. The first kappa shape index (κ1) is 16.2. The number of hydrogen-bond donors (Lipinski definition) is 1. The van der Waals surface area contributed by atoms with E-state index in [0.717, 1.165) is 0 Å². The smallest absolute Gasteiger partial charge is 0.212 e. The fourth-order valence-corrected chi connectivity index (χ4v) is 3.29. The number of rotatable bonds is 2. The molecule has 0 aliphatic heterocycles. The van der Waals surface area contributed by atoms with Crippen LogP contribution in [0.1, 0.15) is 0 Å². The summed E-state index contributed by atoms with van der Waals surface area (Å²) in [6, 6.07) is 9.52. The second kappa shape index (κ2) is 6.05. The molecular weight excluding hydrogens is 362 g/mol. The molecule has 0 unspecified atom stereocenters. The van der Waals surface area contributed by atoms with Crippen molar-refractivity contribution in [1.29, 1.82) is 0 Å². The number of nitrogens with two attached hydrogens (primary N) is 1. The van der Waals surface area contributed by atoms with Crippen LogP contribution < -0.4 is 5.73 Å². The van der Waals surface area contributed by atoms with Crippen molar-refractivity contribution in [2.45, 2.75) is 0 Å². The molecule has 136 valence electrons. The summed E-state index contributed by atoms with van der Waals surface area (Å²) in [5, 5.41) is 0.644. The number of benzene rings is 1. The Morgan fingerprint density at radius 3 is 2.64 bits per heavy atom. The van der Waals surface area contributed by atoms with Crippen molar-refractivity contribution in [3.8, 4) is 22.5 Å². The summed E-state index contributed by atoms with van der Waals surface area (Å²) in [6.45, 7) is 0. The van der Waals surface area contributed by atoms with Crippen molar-refractivity contribution in [2.75, 3.05) is 5.73 Å². The number of imidazole rings is 1. The van der Waals surface area contributed by atoms with Crippen LogP contribution in [-0.4, -0.2) is 24.3 Å². The van der Waals surface area contributed by atoms with Crippen molar-refractivity contribution >= 4 is 22.4 Å². The van der Waals surface area contributed by atoms with Gasteiger partial charge >= 0.3 is 0 Å². The molecule has 8 heteroatoms. The van der Waals surface area contributed by atoms with Gasteiger partial charge in [0.1, 0.15) is 11.3 Å². The summed E-state index contributed by atoms with van der Waals surface area (Å²) < 4.78 is 29.8. The van der Waals surface area contributed by atoms with Gasteiger partial charge in [0.2, 0.25) is 5.95 Å². The van der Waals surface area contributed by atoms with E-state index in [9.17, 15) is 8.78 Å². The average Bonchev–Trinajstić information content (AvgIpc) is 3.19. The van der Waals surface area contributed by atoms with Crippen LogP contribution in [0.5, 0.6) is 0 Å². The molecule has 0 amide bonds. The Balaban J connectivity index is 1.88. The molecule has 0 bridgehead atoms. The normalized spacial score (nSPS) is 11.4. The third kappa shape index (κ3) is 2.46. The van der Waals surface area contributed by atoms with Gasteiger partial charge in [0.15, 0.2) is 11.5 Å². The van der Waals surface area contributed by atoms with Gasteiger partial charge in [-0.25, -0.2) is 19.3 Å². The van der Waals surface area contributed by atoms with Crippen LogP contribution in [0.2, 0.25) is 0 Å². The second-order valence-electron chi connectivity index (χ2n) is 6.22. The fraction of sp³-hybridized carbons (Fsp3) is 0. The third-order valence-electron chi connectivity index (χ3n) is 4.50. The molecule has 28 heavy (non-hydrogen) atoms. The molecule has 0 radical (unpaired) electrons.